The number of hydrogen-bond acceptors (Lipinski definition) is 3. The molecule has 0 bridgehead atoms. The fourth-order valence-corrected chi connectivity index (χ4v) is 0.360. The van der Waals surface area contributed by atoms with Crippen molar-refractivity contribution < 1.29 is 32.6 Å². The van der Waals surface area contributed by atoms with E-state index >= 15 is 0 Å². The van der Waals surface area contributed by atoms with Gasteiger partial charge in [-0.2, -0.15) is 13.2 Å². The molecule has 0 fully saturated rings. The number of esters is 1. The van der Waals surface area contributed by atoms with Crippen LogP contribution in [-0.4, -0.2) is 29.8 Å². The van der Waals surface area contributed by atoms with Crippen LogP contribution in [0.25, 0.3) is 0 Å². The predicted octanol–water partition coefficient (Wildman–Crippen LogP) is 1.98. The van der Waals surface area contributed by atoms with Crippen LogP contribution < -0.4 is 0 Å². The number of carbonyl (C=O) groups is 2. The van der Waals surface area contributed by atoms with Crippen molar-refractivity contribution in [1.29, 1.82) is 0 Å². The van der Waals surface area contributed by atoms with Crippen molar-refractivity contribution in [1.82, 2.24) is 0 Å². The lowest BCUT2D eigenvalue weighted by Gasteiger charge is -1.96. The second-order valence-corrected chi connectivity index (χ2v) is 2.50. The molecule has 0 saturated heterocycles. The Bertz CT molecular complexity index is 201. The first kappa shape index (κ1) is 16.2. The summed E-state index contributed by atoms with van der Waals surface area (Å²) in [5, 5.41) is 7.12. The van der Waals surface area contributed by atoms with E-state index < -0.39 is 12.1 Å². The third-order valence-corrected chi connectivity index (χ3v) is 1.05. The van der Waals surface area contributed by atoms with Gasteiger partial charge in [0, 0.05) is 6.92 Å². The maximum atomic E-state index is 10.6. The zero-order valence-electron chi connectivity index (χ0n) is 8.43. The quantitative estimate of drug-likeness (QED) is 0.594. The molecular formula is C8H13F3O4. The molecule has 0 radical (unpaired) electrons. The Morgan fingerprint density at radius 1 is 1.33 bits per heavy atom. The van der Waals surface area contributed by atoms with E-state index in [9.17, 15) is 18.0 Å². The summed E-state index contributed by atoms with van der Waals surface area (Å²) in [6, 6.07) is 0. The number of halogens is 3. The van der Waals surface area contributed by atoms with Crippen molar-refractivity contribution in [3.8, 4) is 0 Å². The molecule has 0 aromatic rings. The van der Waals surface area contributed by atoms with E-state index in [1.165, 1.54) is 6.92 Å². The van der Waals surface area contributed by atoms with Gasteiger partial charge in [0.1, 0.15) is 0 Å². The summed E-state index contributed by atoms with van der Waals surface area (Å²) < 4.78 is 36.4. The molecule has 0 aliphatic carbocycles. The molecule has 4 nitrogen and oxygen atoms in total. The molecule has 0 atom stereocenters. The number of alkyl halides is 3. The van der Waals surface area contributed by atoms with Crippen molar-refractivity contribution in [2.45, 2.75) is 32.9 Å². The lowest BCUT2D eigenvalue weighted by atomic mass is 10.4. The van der Waals surface area contributed by atoms with Crippen LogP contribution in [0.1, 0.15) is 26.7 Å². The summed E-state index contributed by atoms with van der Waals surface area (Å²) in [5.41, 5.74) is 0. The molecule has 90 valence electrons. The monoisotopic (exact) mass is 230 g/mol. The first-order valence-corrected chi connectivity index (χ1v) is 4.15. The maximum Gasteiger partial charge on any atom is 0.490 e. The third-order valence-electron chi connectivity index (χ3n) is 1.05. The molecule has 7 heteroatoms. The summed E-state index contributed by atoms with van der Waals surface area (Å²) in [4.78, 5) is 19.0. The van der Waals surface area contributed by atoms with Crippen molar-refractivity contribution >= 4 is 11.9 Å². The molecule has 0 amide bonds. The van der Waals surface area contributed by atoms with Crippen LogP contribution in [-0.2, 0) is 14.3 Å². The van der Waals surface area contributed by atoms with E-state index in [0.717, 1.165) is 12.8 Å². The first-order chi connectivity index (χ1) is 6.71. The molecule has 0 aromatic carbocycles. The summed E-state index contributed by atoms with van der Waals surface area (Å²) in [7, 11) is 0. The number of unbranched alkanes of at least 4 members (excludes halogenated alkanes) is 1. The third kappa shape index (κ3) is 15.5. The standard InChI is InChI=1S/C6H12O2.C2HF3O2/c1-3-4-5-8-6(2)7;3-2(4,5)1(6)7/h3-5H2,1-2H3;(H,6,7). The number of ether oxygens (including phenoxy) is 1. The highest BCUT2D eigenvalue weighted by molar-refractivity contribution is 5.73. The number of carboxylic acid groups (broad SMARTS) is 1. The molecule has 0 rings (SSSR count). The second-order valence-electron chi connectivity index (χ2n) is 2.50. The minimum atomic E-state index is -5.08. The Balaban J connectivity index is 0. The van der Waals surface area contributed by atoms with Gasteiger partial charge in [-0.1, -0.05) is 13.3 Å². The molecule has 0 spiro atoms. The van der Waals surface area contributed by atoms with Gasteiger partial charge >= 0.3 is 18.1 Å². The van der Waals surface area contributed by atoms with E-state index in [2.05, 4.69) is 11.7 Å². The van der Waals surface area contributed by atoms with Crippen LogP contribution in [0.4, 0.5) is 13.2 Å². The van der Waals surface area contributed by atoms with Crippen LogP contribution in [0.5, 0.6) is 0 Å². The van der Waals surface area contributed by atoms with Gasteiger partial charge in [0.2, 0.25) is 0 Å². The maximum absolute atomic E-state index is 10.6. The minimum Gasteiger partial charge on any atom is -0.475 e. The average molecular weight is 230 g/mol. The van der Waals surface area contributed by atoms with Crippen molar-refractivity contribution in [2.24, 2.45) is 0 Å². The number of carboxylic acids is 1. The normalized spacial score (nSPS) is 9.93. The van der Waals surface area contributed by atoms with Gasteiger partial charge in [0.05, 0.1) is 6.61 Å². The fraction of sp³-hybridized carbons (Fsp3) is 0.750. The van der Waals surface area contributed by atoms with Gasteiger partial charge in [0.15, 0.2) is 0 Å². The van der Waals surface area contributed by atoms with E-state index in [1.807, 2.05) is 0 Å². The molecule has 0 aromatic heterocycles. The Morgan fingerprint density at radius 3 is 1.93 bits per heavy atom. The number of rotatable bonds is 3. The zero-order chi connectivity index (χ0) is 12.5. The second kappa shape index (κ2) is 8.07. The zero-order valence-corrected chi connectivity index (χ0v) is 8.43. The lowest BCUT2D eigenvalue weighted by molar-refractivity contribution is -0.192. The highest BCUT2D eigenvalue weighted by Gasteiger charge is 2.38. The Hall–Kier alpha value is -1.27. The smallest absolute Gasteiger partial charge is 0.475 e. The van der Waals surface area contributed by atoms with Crippen LogP contribution in [0.2, 0.25) is 0 Å². The Kier molecular flexibility index (Phi) is 8.70. The van der Waals surface area contributed by atoms with Gasteiger partial charge in [-0.05, 0) is 6.42 Å². The minimum absolute atomic E-state index is 0.182. The molecule has 0 saturated carbocycles. The van der Waals surface area contributed by atoms with Crippen molar-refractivity contribution in [3.63, 3.8) is 0 Å². The van der Waals surface area contributed by atoms with E-state index in [-0.39, 0.29) is 5.97 Å². The number of aliphatic carboxylic acids is 1. The number of hydrogen-bond donors (Lipinski definition) is 1. The topological polar surface area (TPSA) is 63.6 Å². The van der Waals surface area contributed by atoms with Crippen LogP contribution >= 0.6 is 0 Å². The average Bonchev–Trinajstić information content (AvgIpc) is 2.03. The largest absolute Gasteiger partial charge is 0.490 e. The van der Waals surface area contributed by atoms with E-state index in [1.54, 1.807) is 0 Å². The van der Waals surface area contributed by atoms with Gasteiger partial charge < -0.3 is 9.84 Å². The summed E-state index contributed by atoms with van der Waals surface area (Å²) in [5.74, 6) is -2.94. The summed E-state index contributed by atoms with van der Waals surface area (Å²) in [6.07, 6.45) is -3.03. The van der Waals surface area contributed by atoms with Crippen LogP contribution in [0, 0.1) is 0 Å². The van der Waals surface area contributed by atoms with Gasteiger partial charge in [-0.3, -0.25) is 4.79 Å². The molecule has 15 heavy (non-hydrogen) atoms. The fourth-order valence-electron chi connectivity index (χ4n) is 0.360. The summed E-state index contributed by atoms with van der Waals surface area (Å²) in [6.45, 7) is 4.06. The predicted molar refractivity (Wildman–Crippen MR) is 45.2 cm³/mol. The van der Waals surface area contributed by atoms with Gasteiger partial charge in [-0.25, -0.2) is 4.79 Å². The van der Waals surface area contributed by atoms with Crippen LogP contribution in [0.3, 0.4) is 0 Å². The van der Waals surface area contributed by atoms with E-state index in [4.69, 9.17) is 9.90 Å². The Labute approximate surface area is 85.0 Å². The summed E-state index contributed by atoms with van der Waals surface area (Å²) >= 11 is 0. The molecule has 0 unspecified atom stereocenters. The van der Waals surface area contributed by atoms with Gasteiger partial charge in [0.25, 0.3) is 0 Å². The van der Waals surface area contributed by atoms with E-state index in [0.29, 0.717) is 6.61 Å². The van der Waals surface area contributed by atoms with Gasteiger partial charge in [-0.15, -0.1) is 0 Å². The number of carbonyl (C=O) groups excluding carboxylic acids is 1. The first-order valence-electron chi connectivity index (χ1n) is 4.15. The SMILES string of the molecule is CCCCOC(C)=O.O=C(O)C(F)(F)F. The highest BCUT2D eigenvalue weighted by atomic mass is 19.4. The van der Waals surface area contributed by atoms with Crippen LogP contribution in [0.15, 0.2) is 0 Å². The lowest BCUT2D eigenvalue weighted by Crippen LogP contribution is -2.21. The Morgan fingerprint density at radius 2 is 1.73 bits per heavy atom. The molecular weight excluding hydrogens is 217 g/mol. The highest BCUT2D eigenvalue weighted by Crippen LogP contribution is 2.13. The molecule has 1 N–H and O–H groups in total. The van der Waals surface area contributed by atoms with Crippen molar-refractivity contribution in [2.75, 3.05) is 6.61 Å². The van der Waals surface area contributed by atoms with Crippen molar-refractivity contribution in [3.05, 3.63) is 0 Å². The molecule has 0 aliphatic rings. The molecule has 0 aliphatic heterocycles. The molecule has 0 heterocycles.